The zero-order valence-corrected chi connectivity index (χ0v) is 17.7. The molecule has 1 N–H and O–H groups in total. The van der Waals surface area contributed by atoms with Crippen molar-refractivity contribution in [2.24, 2.45) is 0 Å². The lowest BCUT2D eigenvalue weighted by atomic mass is 10.1. The number of anilines is 1. The van der Waals surface area contributed by atoms with E-state index in [0.717, 1.165) is 22.5 Å². The first-order valence-corrected chi connectivity index (χ1v) is 11.0. The highest BCUT2D eigenvalue weighted by atomic mass is 35.5. The number of hydrogen-bond donors (Lipinski definition) is 1. The van der Waals surface area contributed by atoms with E-state index in [9.17, 15) is 13.2 Å². The minimum atomic E-state index is -3.73. The van der Waals surface area contributed by atoms with Crippen LogP contribution < -0.4 is 9.62 Å². The van der Waals surface area contributed by atoms with Crippen LogP contribution in [0.3, 0.4) is 0 Å². The van der Waals surface area contributed by atoms with Crippen LogP contribution in [0.15, 0.2) is 42.5 Å². The maximum Gasteiger partial charge on any atom is 0.241 e. The number of hydrogen-bond acceptors (Lipinski definition) is 3. The monoisotopic (exact) mass is 428 g/mol. The van der Waals surface area contributed by atoms with Crippen LogP contribution in [0.5, 0.6) is 0 Å². The maximum absolute atomic E-state index is 12.5. The number of carbonyl (C=O) groups is 1. The summed E-state index contributed by atoms with van der Waals surface area (Å²) in [5.74, 6) is -0.441. The largest absolute Gasteiger partial charge is 0.348 e. The third-order valence-electron chi connectivity index (χ3n) is 4.15. The molecule has 0 fully saturated rings. The van der Waals surface area contributed by atoms with E-state index < -0.39 is 22.5 Å². The smallest absolute Gasteiger partial charge is 0.241 e. The van der Waals surface area contributed by atoms with Gasteiger partial charge in [-0.25, -0.2) is 8.42 Å². The number of aryl methyl sites for hydroxylation is 1. The molecule has 27 heavy (non-hydrogen) atoms. The Morgan fingerprint density at radius 3 is 2.33 bits per heavy atom. The summed E-state index contributed by atoms with van der Waals surface area (Å²) >= 11 is 12.1. The van der Waals surface area contributed by atoms with Crippen molar-refractivity contribution in [3.05, 3.63) is 63.6 Å². The van der Waals surface area contributed by atoms with Gasteiger partial charge in [0, 0.05) is 0 Å². The molecule has 0 aliphatic carbocycles. The molecule has 146 valence electrons. The van der Waals surface area contributed by atoms with E-state index in [0.29, 0.717) is 0 Å². The Bertz CT molecular complexity index is 915. The summed E-state index contributed by atoms with van der Waals surface area (Å²) in [5.41, 5.74) is 2.31. The first-order chi connectivity index (χ1) is 12.6. The number of carbonyl (C=O) groups excluding carboxylic acids is 1. The minimum Gasteiger partial charge on any atom is -0.348 e. The Kier molecular flexibility index (Phi) is 7.14. The number of nitrogens with one attached hydrogen (secondary N) is 1. The van der Waals surface area contributed by atoms with Crippen molar-refractivity contribution < 1.29 is 13.2 Å². The van der Waals surface area contributed by atoms with Crippen LogP contribution in [-0.4, -0.2) is 27.1 Å². The Hall–Kier alpha value is -1.76. The van der Waals surface area contributed by atoms with E-state index in [1.807, 2.05) is 31.2 Å². The molecule has 2 rings (SSSR count). The van der Waals surface area contributed by atoms with Gasteiger partial charge >= 0.3 is 0 Å². The predicted octanol–water partition coefficient (Wildman–Crippen LogP) is 4.20. The molecule has 0 saturated carbocycles. The van der Waals surface area contributed by atoms with Crippen molar-refractivity contribution >= 4 is 44.8 Å². The van der Waals surface area contributed by atoms with Gasteiger partial charge in [0.05, 0.1) is 28.0 Å². The molecule has 0 aliphatic heterocycles. The van der Waals surface area contributed by atoms with Crippen LogP contribution >= 0.6 is 23.2 Å². The lowest BCUT2D eigenvalue weighted by Crippen LogP contribution is -2.41. The SMILES string of the molecule is CCc1ccc([C@H](C)NC(=O)CN(c2cccc(Cl)c2Cl)S(C)(=O)=O)cc1. The molecular weight excluding hydrogens is 407 g/mol. The van der Waals surface area contributed by atoms with Gasteiger partial charge < -0.3 is 5.32 Å². The molecule has 0 heterocycles. The number of rotatable bonds is 7. The molecular formula is C19H22Cl2N2O3S. The highest BCUT2D eigenvalue weighted by Crippen LogP contribution is 2.33. The second kappa shape index (κ2) is 8.95. The predicted molar refractivity (Wildman–Crippen MR) is 111 cm³/mol. The second-order valence-corrected chi connectivity index (χ2v) is 8.92. The summed E-state index contributed by atoms with van der Waals surface area (Å²) in [6.07, 6.45) is 1.95. The van der Waals surface area contributed by atoms with E-state index in [4.69, 9.17) is 23.2 Å². The molecule has 2 aromatic carbocycles. The molecule has 1 atom stereocenters. The molecule has 0 spiro atoms. The van der Waals surface area contributed by atoms with Crippen molar-refractivity contribution in [3.8, 4) is 0 Å². The van der Waals surface area contributed by atoms with Gasteiger partial charge in [-0.3, -0.25) is 9.10 Å². The van der Waals surface area contributed by atoms with Crippen LogP contribution in [0.4, 0.5) is 5.69 Å². The van der Waals surface area contributed by atoms with E-state index in [-0.39, 0.29) is 21.8 Å². The van der Waals surface area contributed by atoms with Gasteiger partial charge in [0.25, 0.3) is 0 Å². The van der Waals surface area contributed by atoms with Crippen LogP contribution in [0.2, 0.25) is 10.0 Å². The van der Waals surface area contributed by atoms with Gasteiger partial charge in [0.2, 0.25) is 15.9 Å². The van der Waals surface area contributed by atoms with Crippen molar-refractivity contribution in [3.63, 3.8) is 0 Å². The van der Waals surface area contributed by atoms with Crippen LogP contribution in [0.1, 0.15) is 31.0 Å². The topological polar surface area (TPSA) is 66.5 Å². The van der Waals surface area contributed by atoms with Gasteiger partial charge in [-0.15, -0.1) is 0 Å². The molecule has 0 aromatic heterocycles. The molecule has 2 aromatic rings. The molecule has 0 radical (unpaired) electrons. The van der Waals surface area contributed by atoms with E-state index in [1.54, 1.807) is 12.1 Å². The van der Waals surface area contributed by atoms with Gasteiger partial charge in [-0.2, -0.15) is 0 Å². The molecule has 0 unspecified atom stereocenters. The summed E-state index contributed by atoms with van der Waals surface area (Å²) < 4.78 is 25.4. The zero-order valence-electron chi connectivity index (χ0n) is 15.4. The third-order valence-corrected chi connectivity index (χ3v) is 6.09. The van der Waals surface area contributed by atoms with E-state index in [2.05, 4.69) is 12.2 Å². The highest BCUT2D eigenvalue weighted by molar-refractivity contribution is 7.92. The Morgan fingerprint density at radius 2 is 1.78 bits per heavy atom. The zero-order chi connectivity index (χ0) is 20.2. The van der Waals surface area contributed by atoms with Gasteiger partial charge in [0.1, 0.15) is 6.54 Å². The Balaban J connectivity index is 2.17. The lowest BCUT2D eigenvalue weighted by Gasteiger charge is -2.24. The fourth-order valence-corrected chi connectivity index (χ4v) is 3.92. The fraction of sp³-hybridized carbons (Fsp3) is 0.316. The Morgan fingerprint density at radius 1 is 1.15 bits per heavy atom. The fourth-order valence-electron chi connectivity index (χ4n) is 2.61. The number of halogens is 2. The molecule has 1 amide bonds. The first-order valence-electron chi connectivity index (χ1n) is 8.43. The number of nitrogens with zero attached hydrogens (tertiary/aromatic N) is 1. The summed E-state index contributed by atoms with van der Waals surface area (Å²) in [7, 11) is -3.73. The number of sulfonamides is 1. The van der Waals surface area contributed by atoms with Gasteiger partial charge in [-0.05, 0) is 36.6 Å². The second-order valence-electron chi connectivity index (χ2n) is 6.23. The average molecular weight is 429 g/mol. The molecule has 0 bridgehead atoms. The minimum absolute atomic E-state index is 0.0839. The summed E-state index contributed by atoms with van der Waals surface area (Å²) in [6, 6.07) is 12.3. The lowest BCUT2D eigenvalue weighted by molar-refractivity contribution is -0.120. The third kappa shape index (κ3) is 5.61. The molecule has 5 nitrogen and oxygen atoms in total. The summed E-state index contributed by atoms with van der Waals surface area (Å²) in [4.78, 5) is 12.5. The summed E-state index contributed by atoms with van der Waals surface area (Å²) in [5, 5.41) is 3.12. The highest BCUT2D eigenvalue weighted by Gasteiger charge is 2.24. The normalized spacial score (nSPS) is 12.5. The number of benzene rings is 2. The van der Waals surface area contributed by atoms with Crippen molar-refractivity contribution in [2.75, 3.05) is 17.1 Å². The first kappa shape index (κ1) is 21.5. The quantitative estimate of drug-likeness (QED) is 0.718. The van der Waals surface area contributed by atoms with E-state index in [1.165, 1.54) is 11.6 Å². The van der Waals surface area contributed by atoms with Gasteiger partial charge in [-0.1, -0.05) is 60.5 Å². The van der Waals surface area contributed by atoms with Crippen LogP contribution in [0, 0.1) is 0 Å². The standard InChI is InChI=1S/C19H22Cl2N2O3S/c1-4-14-8-10-15(11-9-14)13(2)22-18(24)12-23(27(3,25)26)17-7-5-6-16(20)19(17)21/h5-11,13H,4,12H2,1-3H3,(H,22,24)/t13-/m0/s1. The number of amides is 1. The maximum atomic E-state index is 12.5. The van der Waals surface area contributed by atoms with E-state index >= 15 is 0 Å². The molecule has 0 saturated heterocycles. The van der Waals surface area contributed by atoms with Crippen molar-refractivity contribution in [2.45, 2.75) is 26.3 Å². The van der Waals surface area contributed by atoms with Gasteiger partial charge in [0.15, 0.2) is 0 Å². The van der Waals surface area contributed by atoms with Crippen LogP contribution in [0.25, 0.3) is 0 Å². The van der Waals surface area contributed by atoms with Crippen LogP contribution in [-0.2, 0) is 21.2 Å². The Labute approximate surface area is 170 Å². The molecule has 8 heteroatoms. The van der Waals surface area contributed by atoms with Crippen molar-refractivity contribution in [1.29, 1.82) is 0 Å². The van der Waals surface area contributed by atoms with Crippen molar-refractivity contribution in [1.82, 2.24) is 5.32 Å². The summed E-state index contributed by atoms with van der Waals surface area (Å²) in [6.45, 7) is 3.52. The molecule has 0 aliphatic rings. The average Bonchev–Trinajstić information content (AvgIpc) is 2.61.